The first-order valence-electron chi connectivity index (χ1n) is 10.7. The highest BCUT2D eigenvalue weighted by Crippen LogP contribution is 2.34. The smallest absolute Gasteiger partial charge is 0.312 e. The topological polar surface area (TPSA) is 74.0 Å². The second-order valence-corrected chi connectivity index (χ2v) is 9.23. The Morgan fingerprint density at radius 2 is 2.00 bits per heavy atom. The fraction of sp³-hybridized carbons (Fsp3) is 0.652. The van der Waals surface area contributed by atoms with Crippen LogP contribution in [0.25, 0.3) is 11.0 Å². The Morgan fingerprint density at radius 1 is 1.27 bits per heavy atom. The fourth-order valence-corrected chi connectivity index (χ4v) is 3.82. The first kappa shape index (κ1) is 22.4. The van der Waals surface area contributed by atoms with Gasteiger partial charge in [0.1, 0.15) is 11.1 Å². The Labute approximate surface area is 178 Å². The summed E-state index contributed by atoms with van der Waals surface area (Å²) >= 11 is 0. The van der Waals surface area contributed by atoms with E-state index in [4.69, 9.17) is 18.7 Å². The Balaban J connectivity index is 1.55. The summed E-state index contributed by atoms with van der Waals surface area (Å²) in [6.45, 7) is 11.9. The number of carbonyl (C=O) groups is 1. The summed E-state index contributed by atoms with van der Waals surface area (Å²) in [4.78, 5) is 14.3. The molecule has 0 spiro atoms. The molecule has 1 aromatic heterocycles. The summed E-state index contributed by atoms with van der Waals surface area (Å²) in [7, 11) is 1.44. The number of methoxy groups -OCH3 is 1. The van der Waals surface area contributed by atoms with Crippen molar-refractivity contribution in [1.82, 2.24) is 10.1 Å². The summed E-state index contributed by atoms with van der Waals surface area (Å²) in [5.74, 6) is 1.95. The van der Waals surface area contributed by atoms with E-state index in [1.807, 2.05) is 32.0 Å². The number of esters is 1. The number of hydrogen-bond acceptors (Lipinski definition) is 7. The number of fused-ring (bicyclic) bond motifs is 1. The largest absolute Gasteiger partial charge is 0.492 e. The summed E-state index contributed by atoms with van der Waals surface area (Å²) < 4.78 is 22.4. The van der Waals surface area contributed by atoms with Gasteiger partial charge in [0.15, 0.2) is 5.58 Å². The van der Waals surface area contributed by atoms with Gasteiger partial charge in [0.05, 0.1) is 25.7 Å². The lowest BCUT2D eigenvalue weighted by molar-refractivity contribution is -0.152. The van der Waals surface area contributed by atoms with Crippen LogP contribution in [0.15, 0.2) is 22.7 Å². The molecule has 2 heterocycles. The van der Waals surface area contributed by atoms with Crippen LogP contribution >= 0.6 is 0 Å². The molecule has 0 bridgehead atoms. The van der Waals surface area contributed by atoms with E-state index < -0.39 is 5.41 Å². The summed E-state index contributed by atoms with van der Waals surface area (Å²) in [6.07, 6.45) is 2.04. The standard InChI is InChI=1S/C23H34N2O5/c1-16(2)13-28-18-7-6-8-19-20(18)21(24-30-19)29-14-17-9-11-25(12-10-17)15-23(3,4)22(26)27-5/h6-8,16-17H,9-15H2,1-5H3. The average Bonchev–Trinajstić information content (AvgIpc) is 3.14. The van der Waals surface area contributed by atoms with Crippen LogP contribution in [-0.2, 0) is 9.53 Å². The van der Waals surface area contributed by atoms with Gasteiger partial charge in [0.25, 0.3) is 5.88 Å². The molecule has 0 unspecified atom stereocenters. The molecule has 0 aliphatic carbocycles. The maximum absolute atomic E-state index is 11.9. The van der Waals surface area contributed by atoms with Crippen molar-refractivity contribution in [2.75, 3.05) is 40.0 Å². The van der Waals surface area contributed by atoms with E-state index >= 15 is 0 Å². The van der Waals surface area contributed by atoms with Gasteiger partial charge in [-0.15, -0.1) is 0 Å². The molecule has 2 aromatic rings. The van der Waals surface area contributed by atoms with Gasteiger partial charge >= 0.3 is 5.97 Å². The van der Waals surface area contributed by atoms with Crippen LogP contribution in [0.2, 0.25) is 0 Å². The number of aromatic nitrogens is 1. The Hall–Kier alpha value is -2.28. The fourth-order valence-electron chi connectivity index (χ4n) is 3.82. The summed E-state index contributed by atoms with van der Waals surface area (Å²) in [6, 6.07) is 5.70. The maximum Gasteiger partial charge on any atom is 0.312 e. The molecule has 1 aliphatic rings. The highest BCUT2D eigenvalue weighted by Gasteiger charge is 2.32. The first-order valence-corrected chi connectivity index (χ1v) is 10.7. The molecule has 0 amide bonds. The van der Waals surface area contributed by atoms with Crippen LogP contribution in [0.1, 0.15) is 40.5 Å². The third-order valence-corrected chi connectivity index (χ3v) is 5.52. The van der Waals surface area contributed by atoms with Crippen LogP contribution in [0.4, 0.5) is 0 Å². The minimum Gasteiger partial charge on any atom is -0.492 e. The minimum atomic E-state index is -0.496. The number of piperidine rings is 1. The Bertz CT molecular complexity index is 837. The van der Waals surface area contributed by atoms with Crippen LogP contribution in [-0.4, -0.2) is 56.0 Å². The van der Waals surface area contributed by atoms with Crippen molar-refractivity contribution in [2.24, 2.45) is 17.3 Å². The molecular formula is C23H34N2O5. The molecule has 0 saturated carbocycles. The number of benzene rings is 1. The number of likely N-dealkylation sites (tertiary alicyclic amines) is 1. The van der Waals surface area contributed by atoms with Gasteiger partial charge in [0.2, 0.25) is 0 Å². The molecule has 0 radical (unpaired) electrons. The highest BCUT2D eigenvalue weighted by atomic mass is 16.5. The number of nitrogens with zero attached hydrogens (tertiary/aromatic N) is 2. The van der Waals surface area contributed by atoms with Crippen LogP contribution < -0.4 is 9.47 Å². The van der Waals surface area contributed by atoms with E-state index in [2.05, 4.69) is 23.9 Å². The predicted molar refractivity (Wildman–Crippen MR) is 115 cm³/mol. The second kappa shape index (κ2) is 9.69. The molecule has 7 heteroatoms. The molecule has 1 aliphatic heterocycles. The molecule has 0 atom stereocenters. The number of carbonyl (C=O) groups excluding carboxylic acids is 1. The second-order valence-electron chi connectivity index (χ2n) is 9.23. The average molecular weight is 419 g/mol. The van der Waals surface area contributed by atoms with Gasteiger partial charge in [-0.2, -0.15) is 0 Å². The third-order valence-electron chi connectivity index (χ3n) is 5.52. The van der Waals surface area contributed by atoms with E-state index in [0.717, 1.165) is 37.1 Å². The van der Waals surface area contributed by atoms with Crippen LogP contribution in [0.3, 0.4) is 0 Å². The van der Waals surface area contributed by atoms with Crippen molar-refractivity contribution < 1.29 is 23.5 Å². The molecule has 1 saturated heterocycles. The highest BCUT2D eigenvalue weighted by molar-refractivity contribution is 5.88. The van der Waals surface area contributed by atoms with Crippen LogP contribution in [0.5, 0.6) is 11.6 Å². The number of rotatable bonds is 9. The van der Waals surface area contributed by atoms with Gasteiger partial charge in [0, 0.05) is 6.54 Å². The third kappa shape index (κ3) is 5.45. The Kier molecular flexibility index (Phi) is 7.23. The Morgan fingerprint density at radius 3 is 2.67 bits per heavy atom. The molecular weight excluding hydrogens is 384 g/mol. The van der Waals surface area contributed by atoms with Crippen molar-refractivity contribution in [3.05, 3.63) is 18.2 Å². The SMILES string of the molecule is COC(=O)C(C)(C)CN1CCC(COc2noc3cccc(OCC(C)C)c23)CC1. The summed E-state index contributed by atoms with van der Waals surface area (Å²) in [5.41, 5.74) is 0.176. The molecule has 3 rings (SSSR count). The van der Waals surface area contributed by atoms with Crippen molar-refractivity contribution in [3.8, 4) is 11.6 Å². The van der Waals surface area contributed by atoms with Gasteiger partial charge in [-0.25, -0.2) is 0 Å². The van der Waals surface area contributed by atoms with E-state index in [0.29, 0.717) is 43.1 Å². The van der Waals surface area contributed by atoms with Crippen molar-refractivity contribution >= 4 is 16.9 Å². The normalized spacial score (nSPS) is 16.2. The summed E-state index contributed by atoms with van der Waals surface area (Å²) in [5, 5.41) is 4.92. The zero-order chi connectivity index (χ0) is 21.7. The van der Waals surface area contributed by atoms with E-state index in [-0.39, 0.29) is 5.97 Å². The lowest BCUT2D eigenvalue weighted by atomic mass is 9.90. The van der Waals surface area contributed by atoms with Crippen molar-refractivity contribution in [2.45, 2.75) is 40.5 Å². The first-order chi connectivity index (χ1) is 14.3. The monoisotopic (exact) mass is 418 g/mol. The minimum absolute atomic E-state index is 0.165. The lowest BCUT2D eigenvalue weighted by Crippen LogP contribution is -2.44. The van der Waals surface area contributed by atoms with E-state index in [9.17, 15) is 4.79 Å². The van der Waals surface area contributed by atoms with Gasteiger partial charge in [-0.3, -0.25) is 4.79 Å². The maximum atomic E-state index is 11.9. The van der Waals surface area contributed by atoms with Gasteiger partial charge in [-0.1, -0.05) is 19.9 Å². The molecule has 30 heavy (non-hydrogen) atoms. The molecule has 166 valence electrons. The molecule has 1 aromatic carbocycles. The molecule has 1 fully saturated rings. The van der Waals surface area contributed by atoms with Gasteiger partial charge < -0.3 is 23.6 Å². The van der Waals surface area contributed by atoms with Crippen LogP contribution in [0, 0.1) is 17.3 Å². The lowest BCUT2D eigenvalue weighted by Gasteiger charge is -2.35. The van der Waals surface area contributed by atoms with Crippen molar-refractivity contribution in [1.29, 1.82) is 0 Å². The zero-order valence-corrected chi connectivity index (χ0v) is 18.8. The van der Waals surface area contributed by atoms with Gasteiger partial charge in [-0.05, 0) is 68.9 Å². The van der Waals surface area contributed by atoms with E-state index in [1.165, 1.54) is 7.11 Å². The van der Waals surface area contributed by atoms with Crippen molar-refractivity contribution in [3.63, 3.8) is 0 Å². The number of hydrogen-bond donors (Lipinski definition) is 0. The molecule has 7 nitrogen and oxygen atoms in total. The molecule has 0 N–H and O–H groups in total. The number of ether oxygens (including phenoxy) is 3. The zero-order valence-electron chi connectivity index (χ0n) is 18.8. The van der Waals surface area contributed by atoms with E-state index in [1.54, 1.807) is 0 Å². The quantitative estimate of drug-likeness (QED) is 0.566. The predicted octanol–water partition coefficient (Wildman–Crippen LogP) is 4.15.